The van der Waals surface area contributed by atoms with E-state index in [-0.39, 0.29) is 19.3 Å². The van der Waals surface area contributed by atoms with Crippen molar-refractivity contribution < 1.29 is 37.7 Å². The van der Waals surface area contributed by atoms with Crippen LogP contribution in [0.15, 0.2) is 0 Å². The molecule has 0 aliphatic heterocycles. The van der Waals surface area contributed by atoms with Crippen LogP contribution in [0.3, 0.4) is 0 Å². The second-order valence-electron chi connectivity index (χ2n) is 7.39. The summed E-state index contributed by atoms with van der Waals surface area (Å²) in [6.45, 7) is 16.1. The van der Waals surface area contributed by atoms with E-state index < -0.39 is 14.8 Å². The van der Waals surface area contributed by atoms with Crippen LogP contribution in [-0.2, 0) is 27.5 Å². The van der Waals surface area contributed by atoms with Gasteiger partial charge in [0.05, 0.1) is 13.2 Å². The maximum Gasteiger partial charge on any atom is 0.501 e. The minimum atomic E-state index is -3.00. The minimum absolute atomic E-state index is 0.0643. The third-order valence-electron chi connectivity index (χ3n) is 4.86. The second kappa shape index (κ2) is 19.2. The van der Waals surface area contributed by atoms with Crippen LogP contribution >= 0.6 is 0 Å². The molecule has 0 aliphatic rings. The molecular weight excluding hydrogens is 434 g/mol. The van der Waals surface area contributed by atoms with Crippen LogP contribution in [0.25, 0.3) is 0 Å². The average molecular weight is 484 g/mol. The summed E-state index contributed by atoms with van der Waals surface area (Å²) in [6.07, 6.45) is 2.08. The summed E-state index contributed by atoms with van der Waals surface area (Å²) in [7, 11) is -3.00. The van der Waals surface area contributed by atoms with Crippen molar-refractivity contribution in [1.82, 2.24) is 4.90 Å². The Kier molecular flexibility index (Phi) is 19.1. The lowest BCUT2D eigenvalue weighted by atomic mass is 10.2. The second-order valence-corrected chi connectivity index (χ2v) is 10.1. The van der Waals surface area contributed by atoms with Crippen LogP contribution in [0, 0.1) is 0 Å². The molecule has 1 unspecified atom stereocenters. The fraction of sp³-hybridized carbons (Fsp3) is 1.00. The normalized spacial score (nSPS) is 13.8. The van der Waals surface area contributed by atoms with Crippen LogP contribution in [0.4, 0.5) is 0 Å². The first-order valence-electron chi connectivity index (χ1n) is 12.2. The summed E-state index contributed by atoms with van der Waals surface area (Å²) >= 11 is 0. The monoisotopic (exact) mass is 483 g/mol. The number of ether oxygens (including phenoxy) is 3. The molecule has 0 radical (unpaired) electrons. The smallest absolute Gasteiger partial charge is 0.395 e. The molecule has 1 atom stereocenters. The third-order valence-corrected chi connectivity index (χ3v) is 7.94. The molecule has 194 valence electrons. The van der Waals surface area contributed by atoms with E-state index in [2.05, 4.69) is 0 Å². The highest BCUT2D eigenvalue weighted by atomic mass is 28.4. The molecule has 0 saturated heterocycles. The van der Waals surface area contributed by atoms with Gasteiger partial charge in [-0.1, -0.05) is 0 Å². The minimum Gasteiger partial charge on any atom is -0.395 e. The van der Waals surface area contributed by atoms with Crippen molar-refractivity contribution in [3.8, 4) is 0 Å². The summed E-state index contributed by atoms with van der Waals surface area (Å²) in [4.78, 5) is 2.04. The SMILES string of the molecule is CCOC(CC[Si](OCC)(OCC)OC(C)CCCN(CCO)CCO)(OCC)OCC. The molecule has 0 bridgehead atoms. The van der Waals surface area contributed by atoms with Crippen LogP contribution in [0.5, 0.6) is 0 Å². The Hall–Kier alpha value is -0.143. The Labute approximate surface area is 196 Å². The molecule has 2 N–H and O–H groups in total. The van der Waals surface area contributed by atoms with Gasteiger partial charge < -0.3 is 37.7 Å². The number of nitrogens with zero attached hydrogens (tertiary/aromatic N) is 1. The summed E-state index contributed by atoms with van der Waals surface area (Å²) in [5, 5.41) is 18.4. The first-order chi connectivity index (χ1) is 15.4. The standard InChI is InChI=1S/C22H49NO8Si/c1-7-26-22(27-8-2,28-9-3)14-20-32(29-10-4,30-11-5)31-21(6)13-12-15-23(16-18-24)17-19-25/h21,24-25H,7-20H2,1-6H3. The molecule has 0 amide bonds. The predicted octanol–water partition coefficient (Wildman–Crippen LogP) is 2.62. The molecule has 9 nitrogen and oxygen atoms in total. The van der Waals surface area contributed by atoms with Gasteiger partial charge in [0.2, 0.25) is 0 Å². The van der Waals surface area contributed by atoms with E-state index in [1.165, 1.54) is 0 Å². The van der Waals surface area contributed by atoms with E-state index in [9.17, 15) is 10.2 Å². The van der Waals surface area contributed by atoms with Crippen molar-refractivity contribution in [3.05, 3.63) is 0 Å². The third kappa shape index (κ3) is 12.9. The Morgan fingerprint density at radius 2 is 1.28 bits per heavy atom. The van der Waals surface area contributed by atoms with Crippen LogP contribution in [0.1, 0.15) is 60.8 Å². The van der Waals surface area contributed by atoms with Crippen molar-refractivity contribution in [3.63, 3.8) is 0 Å². The van der Waals surface area contributed by atoms with Gasteiger partial charge in [0.15, 0.2) is 0 Å². The molecular formula is C22H49NO8Si. The molecule has 0 aliphatic carbocycles. The van der Waals surface area contributed by atoms with Gasteiger partial charge in [0, 0.05) is 64.7 Å². The van der Waals surface area contributed by atoms with E-state index >= 15 is 0 Å². The maximum atomic E-state index is 9.18. The zero-order valence-corrected chi connectivity index (χ0v) is 22.3. The number of hydrogen-bond donors (Lipinski definition) is 2. The zero-order chi connectivity index (χ0) is 24.3. The Bertz CT molecular complexity index is 404. The number of aliphatic hydroxyl groups is 2. The van der Waals surface area contributed by atoms with Crippen molar-refractivity contribution in [1.29, 1.82) is 0 Å². The van der Waals surface area contributed by atoms with E-state index in [0.29, 0.717) is 58.6 Å². The first-order valence-corrected chi connectivity index (χ1v) is 14.1. The van der Waals surface area contributed by atoms with E-state index in [1.807, 2.05) is 46.4 Å². The topological polar surface area (TPSA) is 99.1 Å². The highest BCUT2D eigenvalue weighted by Gasteiger charge is 2.46. The maximum absolute atomic E-state index is 9.18. The molecule has 0 aromatic rings. The lowest BCUT2D eigenvalue weighted by molar-refractivity contribution is -0.378. The molecule has 32 heavy (non-hydrogen) atoms. The molecule has 10 heteroatoms. The van der Waals surface area contributed by atoms with Gasteiger partial charge in [-0.2, -0.15) is 0 Å². The molecule has 0 fully saturated rings. The van der Waals surface area contributed by atoms with Gasteiger partial charge in [-0.15, -0.1) is 0 Å². The fourth-order valence-corrected chi connectivity index (χ4v) is 6.50. The molecule has 0 spiro atoms. The molecule has 0 aromatic carbocycles. The van der Waals surface area contributed by atoms with Gasteiger partial charge in [-0.3, -0.25) is 4.90 Å². The average Bonchev–Trinajstić information content (AvgIpc) is 2.74. The van der Waals surface area contributed by atoms with Crippen LogP contribution in [0.2, 0.25) is 6.04 Å². The van der Waals surface area contributed by atoms with E-state index in [0.717, 1.165) is 19.4 Å². The number of aliphatic hydroxyl groups excluding tert-OH is 2. The van der Waals surface area contributed by atoms with Crippen molar-refractivity contribution in [2.45, 2.75) is 78.9 Å². The number of rotatable bonds is 23. The number of hydrogen-bond acceptors (Lipinski definition) is 9. The molecule has 0 rings (SSSR count). The highest BCUT2D eigenvalue weighted by molar-refractivity contribution is 6.60. The Balaban J connectivity index is 5.18. The van der Waals surface area contributed by atoms with Gasteiger partial charge in [-0.05, 0) is 60.9 Å². The predicted molar refractivity (Wildman–Crippen MR) is 126 cm³/mol. The highest BCUT2D eigenvalue weighted by Crippen LogP contribution is 2.29. The van der Waals surface area contributed by atoms with E-state index in [1.54, 1.807) is 0 Å². The fourth-order valence-electron chi connectivity index (χ4n) is 3.65. The Morgan fingerprint density at radius 3 is 1.69 bits per heavy atom. The van der Waals surface area contributed by atoms with Gasteiger partial charge >= 0.3 is 8.80 Å². The molecule has 0 saturated carbocycles. The van der Waals surface area contributed by atoms with Gasteiger partial charge in [0.25, 0.3) is 5.97 Å². The van der Waals surface area contributed by atoms with Gasteiger partial charge in [-0.25, -0.2) is 0 Å². The molecule has 0 heterocycles. The molecule has 0 aromatic heterocycles. The van der Waals surface area contributed by atoms with Crippen molar-refractivity contribution in [2.24, 2.45) is 0 Å². The zero-order valence-electron chi connectivity index (χ0n) is 21.3. The lowest BCUT2D eigenvalue weighted by Gasteiger charge is -2.37. The quantitative estimate of drug-likeness (QED) is 0.168. The van der Waals surface area contributed by atoms with Gasteiger partial charge in [0.1, 0.15) is 0 Å². The van der Waals surface area contributed by atoms with Crippen LogP contribution in [-0.4, -0.2) is 102 Å². The summed E-state index contributed by atoms with van der Waals surface area (Å²) < 4.78 is 36.3. The summed E-state index contributed by atoms with van der Waals surface area (Å²) in [5.41, 5.74) is 0. The van der Waals surface area contributed by atoms with Crippen LogP contribution < -0.4 is 0 Å². The van der Waals surface area contributed by atoms with Crippen molar-refractivity contribution >= 4 is 8.80 Å². The largest absolute Gasteiger partial charge is 0.501 e. The summed E-state index contributed by atoms with van der Waals surface area (Å²) in [6, 6.07) is 0.514. The summed E-state index contributed by atoms with van der Waals surface area (Å²) in [5.74, 6) is -1.13. The van der Waals surface area contributed by atoms with E-state index in [4.69, 9.17) is 27.5 Å². The first kappa shape index (κ1) is 31.9. The lowest BCUT2D eigenvalue weighted by Crippen LogP contribution is -2.51. The van der Waals surface area contributed by atoms with Crippen molar-refractivity contribution in [2.75, 3.05) is 65.9 Å². The Morgan fingerprint density at radius 1 is 0.781 bits per heavy atom.